The van der Waals surface area contributed by atoms with Crippen molar-refractivity contribution in [1.82, 2.24) is 9.38 Å². The average Bonchev–Trinajstić information content (AvgIpc) is 3.07. The zero-order valence-corrected chi connectivity index (χ0v) is 15.9. The minimum absolute atomic E-state index is 0.316. The fraction of sp³-hybridized carbons (Fsp3) is 0.0952. The van der Waals surface area contributed by atoms with E-state index in [1.165, 1.54) is 18.2 Å². The molecular weight excluding hydrogens is 377 g/mol. The highest BCUT2D eigenvalue weighted by Gasteiger charge is 2.16. The topological polar surface area (TPSA) is 63.5 Å². The SMILES string of the molecule is Cc1cccn2cc(-c3ccccc3NS(=O)(=O)Cc3cccc(F)c3)nc12. The molecule has 0 unspecified atom stereocenters. The third kappa shape index (κ3) is 3.75. The normalized spacial score (nSPS) is 11.6. The van der Waals surface area contributed by atoms with Crippen molar-refractivity contribution < 1.29 is 12.8 Å². The lowest BCUT2D eigenvalue weighted by atomic mass is 10.1. The number of halogens is 1. The predicted molar refractivity (Wildman–Crippen MR) is 108 cm³/mol. The van der Waals surface area contributed by atoms with E-state index in [4.69, 9.17) is 0 Å². The molecule has 0 spiro atoms. The Hall–Kier alpha value is -3.19. The van der Waals surface area contributed by atoms with Crippen LogP contribution in [0.25, 0.3) is 16.9 Å². The first-order chi connectivity index (χ1) is 13.4. The van der Waals surface area contributed by atoms with Gasteiger partial charge in [-0.1, -0.05) is 36.4 Å². The van der Waals surface area contributed by atoms with Crippen molar-refractivity contribution in [3.8, 4) is 11.3 Å². The number of sulfonamides is 1. The molecule has 2 aromatic heterocycles. The van der Waals surface area contributed by atoms with Crippen molar-refractivity contribution in [2.24, 2.45) is 0 Å². The van der Waals surface area contributed by atoms with Gasteiger partial charge >= 0.3 is 0 Å². The molecule has 7 heteroatoms. The largest absolute Gasteiger partial charge is 0.306 e. The van der Waals surface area contributed by atoms with Gasteiger partial charge in [0.25, 0.3) is 0 Å². The van der Waals surface area contributed by atoms with Gasteiger partial charge in [0.15, 0.2) is 0 Å². The van der Waals surface area contributed by atoms with Crippen LogP contribution in [0.4, 0.5) is 10.1 Å². The number of imidazole rings is 1. The monoisotopic (exact) mass is 395 g/mol. The Kier molecular flexibility index (Phi) is 4.60. The number of benzene rings is 2. The first-order valence-electron chi connectivity index (χ1n) is 8.70. The van der Waals surface area contributed by atoms with Gasteiger partial charge in [0.2, 0.25) is 10.0 Å². The summed E-state index contributed by atoms with van der Waals surface area (Å²) in [5.41, 5.74) is 3.99. The molecule has 0 atom stereocenters. The summed E-state index contributed by atoms with van der Waals surface area (Å²) in [5.74, 6) is -0.781. The number of nitrogens with one attached hydrogen (secondary N) is 1. The van der Waals surface area contributed by atoms with Crippen LogP contribution in [0.2, 0.25) is 0 Å². The smallest absolute Gasteiger partial charge is 0.236 e. The van der Waals surface area contributed by atoms with Crippen LogP contribution in [0.15, 0.2) is 73.1 Å². The van der Waals surface area contributed by atoms with Gasteiger partial charge in [-0.05, 0) is 42.3 Å². The maximum Gasteiger partial charge on any atom is 0.236 e. The van der Waals surface area contributed by atoms with E-state index < -0.39 is 15.8 Å². The summed E-state index contributed by atoms with van der Waals surface area (Å²) in [6, 6.07) is 16.6. The van der Waals surface area contributed by atoms with Crippen molar-refractivity contribution in [1.29, 1.82) is 0 Å². The molecule has 2 heterocycles. The summed E-state index contributed by atoms with van der Waals surface area (Å²) in [7, 11) is -3.72. The maximum absolute atomic E-state index is 13.4. The minimum Gasteiger partial charge on any atom is -0.306 e. The van der Waals surface area contributed by atoms with Crippen LogP contribution in [0.1, 0.15) is 11.1 Å². The number of hydrogen-bond donors (Lipinski definition) is 1. The van der Waals surface area contributed by atoms with E-state index in [-0.39, 0.29) is 5.75 Å². The van der Waals surface area contributed by atoms with Crippen molar-refractivity contribution in [3.05, 3.63) is 90.0 Å². The van der Waals surface area contributed by atoms with Gasteiger partial charge in [-0.2, -0.15) is 0 Å². The molecule has 0 amide bonds. The van der Waals surface area contributed by atoms with Crippen molar-refractivity contribution >= 4 is 21.4 Å². The van der Waals surface area contributed by atoms with E-state index in [2.05, 4.69) is 9.71 Å². The number of aromatic nitrogens is 2. The van der Waals surface area contributed by atoms with Gasteiger partial charge in [0.1, 0.15) is 11.5 Å². The quantitative estimate of drug-likeness (QED) is 0.545. The molecule has 4 rings (SSSR count). The summed E-state index contributed by atoms with van der Waals surface area (Å²) in [6.45, 7) is 1.97. The van der Waals surface area contributed by atoms with E-state index in [1.807, 2.05) is 48.0 Å². The highest BCUT2D eigenvalue weighted by Crippen LogP contribution is 2.29. The lowest BCUT2D eigenvalue weighted by Gasteiger charge is -2.11. The molecule has 5 nitrogen and oxygen atoms in total. The number of pyridine rings is 1. The second-order valence-electron chi connectivity index (χ2n) is 6.58. The molecule has 0 aliphatic rings. The standard InChI is InChI=1S/C21H18FN3O2S/c1-15-6-5-11-25-13-20(23-21(15)25)18-9-2-3-10-19(18)24-28(26,27)14-16-7-4-8-17(22)12-16/h2-13,24H,14H2,1H3. The van der Waals surface area contributed by atoms with Crippen LogP contribution in [0.5, 0.6) is 0 Å². The number of aryl methyl sites for hydroxylation is 1. The number of anilines is 1. The summed E-state index contributed by atoms with van der Waals surface area (Å²) < 4.78 is 43.1. The fourth-order valence-electron chi connectivity index (χ4n) is 3.13. The number of hydrogen-bond acceptors (Lipinski definition) is 3. The number of para-hydroxylation sites is 1. The molecule has 142 valence electrons. The molecule has 28 heavy (non-hydrogen) atoms. The van der Waals surface area contributed by atoms with Crippen LogP contribution in [-0.2, 0) is 15.8 Å². The van der Waals surface area contributed by atoms with Crippen molar-refractivity contribution in [2.75, 3.05) is 4.72 Å². The molecule has 0 radical (unpaired) electrons. The third-order valence-electron chi connectivity index (χ3n) is 4.39. The summed E-state index contributed by atoms with van der Waals surface area (Å²) in [4.78, 5) is 4.65. The molecule has 0 fully saturated rings. The molecule has 0 saturated heterocycles. The summed E-state index contributed by atoms with van der Waals surface area (Å²) in [5, 5.41) is 0. The van der Waals surface area contributed by atoms with Crippen LogP contribution in [0.3, 0.4) is 0 Å². The van der Waals surface area contributed by atoms with E-state index in [0.29, 0.717) is 22.5 Å². The molecular formula is C21H18FN3O2S. The van der Waals surface area contributed by atoms with E-state index in [0.717, 1.165) is 11.2 Å². The van der Waals surface area contributed by atoms with Crippen LogP contribution < -0.4 is 4.72 Å². The molecule has 4 aromatic rings. The Labute approximate surface area is 162 Å². The van der Waals surface area contributed by atoms with Gasteiger partial charge < -0.3 is 4.40 Å². The van der Waals surface area contributed by atoms with Gasteiger partial charge in [0.05, 0.1) is 17.1 Å². The van der Waals surface area contributed by atoms with Gasteiger partial charge in [-0.25, -0.2) is 17.8 Å². The highest BCUT2D eigenvalue weighted by molar-refractivity contribution is 7.91. The maximum atomic E-state index is 13.4. The molecule has 0 bridgehead atoms. The molecule has 0 saturated carbocycles. The summed E-state index contributed by atoms with van der Waals surface area (Å²) in [6.07, 6.45) is 3.76. The molecule has 0 aliphatic carbocycles. The third-order valence-corrected chi connectivity index (χ3v) is 5.64. The summed E-state index contributed by atoms with van der Waals surface area (Å²) >= 11 is 0. The Morgan fingerprint density at radius 3 is 2.68 bits per heavy atom. The van der Waals surface area contributed by atoms with E-state index in [9.17, 15) is 12.8 Å². The molecule has 2 aromatic carbocycles. The number of nitrogens with zero attached hydrogens (tertiary/aromatic N) is 2. The van der Waals surface area contributed by atoms with Crippen LogP contribution in [-0.4, -0.2) is 17.8 Å². The minimum atomic E-state index is -3.72. The van der Waals surface area contributed by atoms with Crippen molar-refractivity contribution in [3.63, 3.8) is 0 Å². The van der Waals surface area contributed by atoms with Crippen molar-refractivity contribution in [2.45, 2.75) is 12.7 Å². The van der Waals surface area contributed by atoms with Gasteiger partial charge in [-0.15, -0.1) is 0 Å². The highest BCUT2D eigenvalue weighted by atomic mass is 32.2. The Morgan fingerprint density at radius 2 is 1.89 bits per heavy atom. The number of fused-ring (bicyclic) bond motifs is 1. The fourth-order valence-corrected chi connectivity index (χ4v) is 4.33. The van der Waals surface area contributed by atoms with Gasteiger partial charge in [0, 0.05) is 18.0 Å². The van der Waals surface area contributed by atoms with E-state index >= 15 is 0 Å². The van der Waals surface area contributed by atoms with E-state index in [1.54, 1.807) is 18.2 Å². The lowest BCUT2D eigenvalue weighted by molar-refractivity contribution is 0.599. The molecule has 0 aliphatic heterocycles. The van der Waals surface area contributed by atoms with Crippen LogP contribution in [0, 0.1) is 12.7 Å². The first-order valence-corrected chi connectivity index (χ1v) is 10.4. The Balaban J connectivity index is 1.68. The average molecular weight is 395 g/mol. The van der Waals surface area contributed by atoms with Gasteiger partial charge in [-0.3, -0.25) is 4.72 Å². The Morgan fingerprint density at radius 1 is 1.07 bits per heavy atom. The second-order valence-corrected chi connectivity index (χ2v) is 8.31. The van der Waals surface area contributed by atoms with Crippen LogP contribution >= 0.6 is 0 Å². The zero-order chi connectivity index (χ0) is 19.7. The second kappa shape index (κ2) is 7.09. The first kappa shape index (κ1) is 18.2. The molecule has 1 N–H and O–H groups in total. The Bertz CT molecular complexity index is 1270. The lowest BCUT2D eigenvalue weighted by Crippen LogP contribution is -2.15. The zero-order valence-electron chi connectivity index (χ0n) is 15.1. The number of rotatable bonds is 5. The predicted octanol–water partition coefficient (Wildman–Crippen LogP) is 4.39.